The molecule has 0 aliphatic heterocycles. The predicted molar refractivity (Wildman–Crippen MR) is 36.0 cm³/mol. The van der Waals surface area contributed by atoms with Gasteiger partial charge in [-0.05, 0) is 32.7 Å². The number of alkyl halides is 2. The van der Waals surface area contributed by atoms with Gasteiger partial charge in [-0.15, -0.1) is 0 Å². The predicted octanol–water partition coefficient (Wildman–Crippen LogP) is 1.77. The summed E-state index contributed by atoms with van der Waals surface area (Å²) in [4.78, 5) is 0. The Hall–Kier alpha value is -0.180. The molecule has 0 radical (unpaired) electrons. The van der Waals surface area contributed by atoms with E-state index in [4.69, 9.17) is 5.73 Å². The molecule has 1 rings (SSSR count). The van der Waals surface area contributed by atoms with Crippen LogP contribution >= 0.6 is 0 Å². The first-order chi connectivity index (χ1) is 4.52. The van der Waals surface area contributed by atoms with E-state index in [9.17, 15) is 8.78 Å². The van der Waals surface area contributed by atoms with Gasteiger partial charge in [-0.1, -0.05) is 0 Å². The maximum absolute atomic E-state index is 12.7. The Bertz CT molecular complexity index is 124. The third-order valence-corrected chi connectivity index (χ3v) is 2.41. The normalized spacial score (nSPS) is 22.8. The summed E-state index contributed by atoms with van der Waals surface area (Å²) in [5.74, 6) is -2.52. The first-order valence-corrected chi connectivity index (χ1v) is 3.60. The minimum atomic E-state index is -2.52. The molecule has 0 atom stereocenters. The Morgan fingerprint density at radius 3 is 2.10 bits per heavy atom. The van der Waals surface area contributed by atoms with Gasteiger partial charge in [0.2, 0.25) is 0 Å². The van der Waals surface area contributed by atoms with Gasteiger partial charge in [0.05, 0.1) is 0 Å². The number of rotatable bonds is 3. The molecule has 0 aromatic rings. The molecule has 60 valence electrons. The lowest BCUT2D eigenvalue weighted by Gasteiger charge is -2.21. The zero-order chi connectivity index (χ0) is 7.83. The summed E-state index contributed by atoms with van der Waals surface area (Å²) in [6, 6.07) is 0. The van der Waals surface area contributed by atoms with Gasteiger partial charge in [0.15, 0.2) is 0 Å². The van der Waals surface area contributed by atoms with Crippen LogP contribution in [0.25, 0.3) is 0 Å². The highest BCUT2D eigenvalue weighted by Crippen LogP contribution is 2.58. The number of hydrogen-bond donors (Lipinski definition) is 1. The second-order valence-corrected chi connectivity index (χ2v) is 3.21. The van der Waals surface area contributed by atoms with Crippen molar-refractivity contribution in [3.05, 3.63) is 0 Å². The minimum Gasteiger partial charge on any atom is -0.330 e. The van der Waals surface area contributed by atoms with Crippen molar-refractivity contribution in [2.24, 2.45) is 11.1 Å². The molecular formula is C7H13F2N. The number of halogens is 2. The van der Waals surface area contributed by atoms with Crippen molar-refractivity contribution in [2.45, 2.75) is 32.1 Å². The van der Waals surface area contributed by atoms with Crippen molar-refractivity contribution in [2.75, 3.05) is 6.54 Å². The molecule has 1 nitrogen and oxygen atoms in total. The molecule has 1 aliphatic carbocycles. The van der Waals surface area contributed by atoms with Crippen LogP contribution in [0.2, 0.25) is 0 Å². The van der Waals surface area contributed by atoms with E-state index in [1.807, 2.05) is 0 Å². The van der Waals surface area contributed by atoms with Crippen LogP contribution < -0.4 is 5.73 Å². The Kier molecular flexibility index (Phi) is 1.71. The van der Waals surface area contributed by atoms with Gasteiger partial charge in [-0.2, -0.15) is 0 Å². The lowest BCUT2D eigenvalue weighted by atomic mass is 9.95. The van der Waals surface area contributed by atoms with Gasteiger partial charge in [-0.25, -0.2) is 8.78 Å². The Balaban J connectivity index is 2.52. The molecule has 0 saturated heterocycles. The van der Waals surface area contributed by atoms with E-state index in [1.54, 1.807) is 0 Å². The molecule has 0 heterocycles. The molecule has 1 saturated carbocycles. The molecule has 0 aromatic heterocycles. The molecule has 1 aliphatic rings. The van der Waals surface area contributed by atoms with E-state index in [2.05, 4.69) is 0 Å². The van der Waals surface area contributed by atoms with E-state index >= 15 is 0 Å². The first kappa shape index (κ1) is 7.92. The van der Waals surface area contributed by atoms with Crippen molar-refractivity contribution in [1.29, 1.82) is 0 Å². The summed E-state index contributed by atoms with van der Waals surface area (Å²) in [6.07, 6.45) is 1.76. The molecule has 0 aromatic carbocycles. The quantitative estimate of drug-likeness (QED) is 0.650. The van der Waals surface area contributed by atoms with Crippen LogP contribution in [0.1, 0.15) is 26.2 Å². The summed E-state index contributed by atoms with van der Waals surface area (Å²) < 4.78 is 25.4. The fraction of sp³-hybridized carbons (Fsp3) is 1.00. The van der Waals surface area contributed by atoms with Crippen LogP contribution in [0.15, 0.2) is 0 Å². The monoisotopic (exact) mass is 149 g/mol. The third kappa shape index (κ3) is 1.15. The lowest BCUT2D eigenvalue weighted by Crippen LogP contribution is -2.28. The summed E-state index contributed by atoms with van der Waals surface area (Å²) in [6.45, 7) is 1.37. The molecule has 1 fully saturated rings. The Morgan fingerprint density at radius 1 is 1.50 bits per heavy atom. The maximum Gasteiger partial charge on any atom is 0.250 e. The molecule has 3 heteroatoms. The van der Waals surface area contributed by atoms with Gasteiger partial charge in [-0.3, -0.25) is 0 Å². The van der Waals surface area contributed by atoms with Crippen LogP contribution in [0.5, 0.6) is 0 Å². The van der Waals surface area contributed by atoms with Crippen LogP contribution in [0, 0.1) is 5.41 Å². The van der Waals surface area contributed by atoms with E-state index in [-0.39, 0.29) is 0 Å². The van der Waals surface area contributed by atoms with Crippen LogP contribution in [-0.4, -0.2) is 12.5 Å². The number of nitrogens with two attached hydrogens (primary N) is 1. The lowest BCUT2D eigenvalue weighted by molar-refractivity contribution is -0.0568. The topological polar surface area (TPSA) is 26.0 Å². The maximum atomic E-state index is 12.7. The molecule has 2 N–H and O–H groups in total. The highest BCUT2D eigenvalue weighted by atomic mass is 19.3. The zero-order valence-electron chi connectivity index (χ0n) is 6.16. The van der Waals surface area contributed by atoms with Crippen molar-refractivity contribution in [3.63, 3.8) is 0 Å². The van der Waals surface area contributed by atoms with E-state index < -0.39 is 11.3 Å². The zero-order valence-corrected chi connectivity index (χ0v) is 6.16. The van der Waals surface area contributed by atoms with Gasteiger partial charge < -0.3 is 5.73 Å². The highest BCUT2D eigenvalue weighted by molar-refractivity contribution is 5.01. The summed E-state index contributed by atoms with van der Waals surface area (Å²) in [7, 11) is 0. The van der Waals surface area contributed by atoms with Gasteiger partial charge in [0.25, 0.3) is 5.92 Å². The van der Waals surface area contributed by atoms with Crippen LogP contribution in [0.3, 0.4) is 0 Å². The van der Waals surface area contributed by atoms with Crippen molar-refractivity contribution < 1.29 is 8.78 Å². The van der Waals surface area contributed by atoms with E-state index in [0.29, 0.717) is 25.8 Å². The average molecular weight is 149 g/mol. The van der Waals surface area contributed by atoms with Crippen LogP contribution in [0.4, 0.5) is 8.78 Å². The molecular weight excluding hydrogens is 136 g/mol. The molecule has 0 spiro atoms. The van der Waals surface area contributed by atoms with Crippen LogP contribution in [-0.2, 0) is 0 Å². The van der Waals surface area contributed by atoms with Gasteiger partial charge in [0.1, 0.15) is 0 Å². The summed E-state index contributed by atoms with van der Waals surface area (Å²) >= 11 is 0. The second-order valence-electron chi connectivity index (χ2n) is 3.21. The summed E-state index contributed by atoms with van der Waals surface area (Å²) in [5, 5.41) is 0. The largest absolute Gasteiger partial charge is 0.330 e. The fourth-order valence-electron chi connectivity index (χ4n) is 1.34. The smallest absolute Gasteiger partial charge is 0.250 e. The standard InChI is InChI=1S/C7H13F2N/c1-6(8,9)7(2-3-7)4-5-10/h2-5,10H2,1H3. The minimum absolute atomic E-state index is 0.378. The fourth-order valence-corrected chi connectivity index (χ4v) is 1.34. The van der Waals surface area contributed by atoms with Gasteiger partial charge in [0, 0.05) is 5.41 Å². The van der Waals surface area contributed by atoms with E-state index in [1.165, 1.54) is 0 Å². The van der Waals surface area contributed by atoms with Gasteiger partial charge >= 0.3 is 0 Å². The molecule has 0 amide bonds. The SMILES string of the molecule is CC(F)(F)C1(CCN)CC1. The highest BCUT2D eigenvalue weighted by Gasteiger charge is 2.57. The number of hydrogen-bond acceptors (Lipinski definition) is 1. The molecule has 10 heavy (non-hydrogen) atoms. The second kappa shape index (κ2) is 2.16. The third-order valence-electron chi connectivity index (χ3n) is 2.41. The molecule has 0 unspecified atom stereocenters. The molecule has 0 bridgehead atoms. The van der Waals surface area contributed by atoms with Crippen molar-refractivity contribution in [1.82, 2.24) is 0 Å². The average Bonchev–Trinajstić information content (AvgIpc) is 2.45. The first-order valence-electron chi connectivity index (χ1n) is 3.60. The summed E-state index contributed by atoms with van der Waals surface area (Å²) in [5.41, 5.74) is 4.50. The Morgan fingerprint density at radius 2 is 2.00 bits per heavy atom. The van der Waals surface area contributed by atoms with Crippen molar-refractivity contribution >= 4 is 0 Å². The Labute approximate surface area is 59.6 Å². The van der Waals surface area contributed by atoms with E-state index in [0.717, 1.165) is 6.92 Å². The van der Waals surface area contributed by atoms with Crippen molar-refractivity contribution in [3.8, 4) is 0 Å².